The van der Waals surface area contributed by atoms with Gasteiger partial charge in [0.25, 0.3) is 0 Å². The number of hydrogen-bond acceptors (Lipinski definition) is 4. The molecule has 0 radical (unpaired) electrons. The van der Waals surface area contributed by atoms with Gasteiger partial charge in [0.1, 0.15) is 12.7 Å². The Kier molecular flexibility index (Phi) is 10.8. The lowest BCUT2D eigenvalue weighted by molar-refractivity contribution is -0.142. The van der Waals surface area contributed by atoms with E-state index < -0.39 is 5.97 Å². The average Bonchev–Trinajstić information content (AvgIpc) is 3.34. The molecule has 1 N–H and O–H groups in total. The molecule has 4 heteroatoms. The van der Waals surface area contributed by atoms with E-state index in [-0.39, 0.29) is 18.5 Å². The zero-order valence-corrected chi connectivity index (χ0v) is 14.0. The van der Waals surface area contributed by atoms with E-state index in [4.69, 9.17) is 9.47 Å². The summed E-state index contributed by atoms with van der Waals surface area (Å²) in [5.74, 6) is -0.904. The minimum atomic E-state index is -0.637. The van der Waals surface area contributed by atoms with Gasteiger partial charge in [0, 0.05) is 0 Å². The Morgan fingerprint density at radius 1 is 1.09 bits per heavy atom. The lowest BCUT2D eigenvalue weighted by Crippen LogP contribution is -2.11. The van der Waals surface area contributed by atoms with Gasteiger partial charge in [-0.2, -0.15) is 0 Å². The van der Waals surface area contributed by atoms with Gasteiger partial charge in [0.2, 0.25) is 0 Å². The fraction of sp³-hybridized carbons (Fsp3) is 0.833. The van der Waals surface area contributed by atoms with Crippen LogP contribution in [0.5, 0.6) is 0 Å². The molecule has 128 valence electrons. The van der Waals surface area contributed by atoms with Crippen LogP contribution in [0.1, 0.15) is 77.6 Å². The molecule has 1 aliphatic heterocycles. The first-order valence-corrected chi connectivity index (χ1v) is 8.92. The molecule has 0 aliphatic carbocycles. The van der Waals surface area contributed by atoms with Gasteiger partial charge in [-0.25, -0.2) is 4.79 Å². The Bertz CT molecular complexity index is 321. The molecule has 4 nitrogen and oxygen atoms in total. The minimum Gasteiger partial charge on any atom is -0.502 e. The smallest absolute Gasteiger partial charge is 0.373 e. The van der Waals surface area contributed by atoms with Gasteiger partial charge in [-0.15, -0.1) is 0 Å². The van der Waals surface area contributed by atoms with Crippen molar-refractivity contribution >= 4 is 5.97 Å². The lowest BCUT2D eigenvalue weighted by Gasteiger charge is -2.02. The van der Waals surface area contributed by atoms with E-state index in [1.54, 1.807) is 6.08 Å². The number of allylic oxidation sites excluding steroid dienone is 1. The molecule has 1 aliphatic rings. The minimum absolute atomic E-state index is 0.0405. The number of rotatable bonds is 14. The van der Waals surface area contributed by atoms with E-state index in [1.165, 1.54) is 51.4 Å². The number of carbonyl (C=O) groups excluding carboxylic acids is 1. The Labute approximate surface area is 134 Å². The van der Waals surface area contributed by atoms with Crippen LogP contribution in [0.3, 0.4) is 0 Å². The highest BCUT2D eigenvalue weighted by Crippen LogP contribution is 2.12. The molecular formula is C18H32O4. The van der Waals surface area contributed by atoms with Gasteiger partial charge in [-0.3, -0.25) is 0 Å². The highest BCUT2D eigenvalue weighted by molar-refractivity contribution is 5.85. The van der Waals surface area contributed by atoms with Crippen LogP contribution in [0.25, 0.3) is 0 Å². The molecule has 1 rings (SSSR count). The number of carbonyl (C=O) groups is 1. The number of aliphatic hydroxyl groups is 1. The topological polar surface area (TPSA) is 59.1 Å². The van der Waals surface area contributed by atoms with Crippen LogP contribution in [0.4, 0.5) is 0 Å². The summed E-state index contributed by atoms with van der Waals surface area (Å²) in [4.78, 5) is 11.4. The van der Waals surface area contributed by atoms with Gasteiger partial charge < -0.3 is 14.6 Å². The summed E-state index contributed by atoms with van der Waals surface area (Å²) in [6.07, 6.45) is 15.2. The molecular weight excluding hydrogens is 280 g/mol. The Hall–Kier alpha value is -1.03. The van der Waals surface area contributed by atoms with E-state index in [9.17, 15) is 9.90 Å². The van der Waals surface area contributed by atoms with E-state index in [1.807, 2.05) is 0 Å². The lowest BCUT2D eigenvalue weighted by atomic mass is 10.1. The van der Waals surface area contributed by atoms with Crippen molar-refractivity contribution in [3.05, 3.63) is 11.8 Å². The van der Waals surface area contributed by atoms with E-state index >= 15 is 0 Å². The molecule has 1 unspecified atom stereocenters. The summed E-state index contributed by atoms with van der Waals surface area (Å²) in [6.45, 7) is 3.14. The fourth-order valence-electron chi connectivity index (χ4n) is 2.36. The highest BCUT2D eigenvalue weighted by atomic mass is 16.6. The van der Waals surface area contributed by atoms with Crippen molar-refractivity contribution in [3.8, 4) is 0 Å². The standard InChI is InChI=1S/C18H32O4/c1-2-3-4-5-6-7-8-9-10-11-12-13-17(19)18(20)22-15-16-14-21-16/h13,16,19H,2-12,14-15H2,1H3. The third-order valence-electron chi connectivity index (χ3n) is 3.91. The largest absolute Gasteiger partial charge is 0.502 e. The zero-order valence-electron chi connectivity index (χ0n) is 14.0. The van der Waals surface area contributed by atoms with Gasteiger partial charge in [-0.05, 0) is 18.9 Å². The molecule has 0 aromatic heterocycles. The van der Waals surface area contributed by atoms with Crippen LogP contribution in [0.15, 0.2) is 11.8 Å². The van der Waals surface area contributed by atoms with Crippen molar-refractivity contribution < 1.29 is 19.4 Å². The van der Waals surface area contributed by atoms with Crippen LogP contribution < -0.4 is 0 Å². The number of unbranched alkanes of at least 4 members (excludes halogenated alkanes) is 10. The normalized spacial score (nSPS) is 17.5. The molecule has 0 bridgehead atoms. The molecule has 1 atom stereocenters. The molecule has 0 aromatic carbocycles. The van der Waals surface area contributed by atoms with Crippen molar-refractivity contribution in [2.75, 3.05) is 13.2 Å². The van der Waals surface area contributed by atoms with Crippen molar-refractivity contribution in [2.24, 2.45) is 0 Å². The first kappa shape index (κ1) is 19.0. The second-order valence-electron chi connectivity index (χ2n) is 6.11. The zero-order chi connectivity index (χ0) is 16.0. The molecule has 0 spiro atoms. The van der Waals surface area contributed by atoms with Gasteiger partial charge in [-0.1, -0.05) is 64.7 Å². The van der Waals surface area contributed by atoms with E-state index in [2.05, 4.69) is 6.92 Å². The Morgan fingerprint density at radius 2 is 1.64 bits per heavy atom. The van der Waals surface area contributed by atoms with Gasteiger partial charge >= 0.3 is 5.97 Å². The average molecular weight is 312 g/mol. The Morgan fingerprint density at radius 3 is 2.18 bits per heavy atom. The maximum atomic E-state index is 11.4. The monoisotopic (exact) mass is 312 g/mol. The predicted octanol–water partition coefficient (Wildman–Crippen LogP) is 4.68. The van der Waals surface area contributed by atoms with Crippen LogP contribution in [-0.4, -0.2) is 30.4 Å². The highest BCUT2D eigenvalue weighted by Gasteiger charge is 2.24. The third kappa shape index (κ3) is 10.7. The number of esters is 1. The van der Waals surface area contributed by atoms with Gasteiger partial charge in [0.15, 0.2) is 5.76 Å². The first-order valence-electron chi connectivity index (χ1n) is 8.92. The van der Waals surface area contributed by atoms with Gasteiger partial charge in [0.05, 0.1) is 6.61 Å². The number of ether oxygens (including phenoxy) is 2. The summed E-state index contributed by atoms with van der Waals surface area (Å²) in [5, 5.41) is 9.54. The molecule has 0 saturated carbocycles. The molecule has 0 amide bonds. The summed E-state index contributed by atoms with van der Waals surface area (Å²) in [7, 11) is 0. The second-order valence-corrected chi connectivity index (χ2v) is 6.11. The molecule has 1 saturated heterocycles. The molecule has 22 heavy (non-hydrogen) atoms. The molecule has 1 heterocycles. The van der Waals surface area contributed by atoms with E-state index in [0.717, 1.165) is 19.3 Å². The maximum Gasteiger partial charge on any atom is 0.373 e. The SMILES string of the molecule is CCCCCCCCCCCCC=C(O)C(=O)OCC1CO1. The fourth-order valence-corrected chi connectivity index (χ4v) is 2.36. The number of epoxide rings is 1. The summed E-state index contributed by atoms with van der Waals surface area (Å²) >= 11 is 0. The number of aliphatic hydroxyl groups excluding tert-OH is 1. The van der Waals surface area contributed by atoms with Crippen LogP contribution in [-0.2, 0) is 14.3 Å². The summed E-state index contributed by atoms with van der Waals surface area (Å²) in [6, 6.07) is 0. The second kappa shape index (κ2) is 12.5. The van der Waals surface area contributed by atoms with Crippen molar-refractivity contribution in [1.29, 1.82) is 0 Å². The van der Waals surface area contributed by atoms with Crippen LogP contribution >= 0.6 is 0 Å². The maximum absolute atomic E-state index is 11.4. The molecule has 0 aromatic rings. The summed E-state index contributed by atoms with van der Waals surface area (Å²) < 4.78 is 9.83. The Balaban J connectivity index is 1.86. The third-order valence-corrected chi connectivity index (χ3v) is 3.91. The van der Waals surface area contributed by atoms with Crippen LogP contribution in [0.2, 0.25) is 0 Å². The molecule has 1 fully saturated rings. The van der Waals surface area contributed by atoms with Crippen molar-refractivity contribution in [2.45, 2.75) is 83.7 Å². The first-order chi connectivity index (χ1) is 10.7. The predicted molar refractivity (Wildman–Crippen MR) is 87.9 cm³/mol. The number of hydrogen-bond donors (Lipinski definition) is 1. The van der Waals surface area contributed by atoms with E-state index in [0.29, 0.717) is 6.61 Å². The van der Waals surface area contributed by atoms with Crippen molar-refractivity contribution in [3.63, 3.8) is 0 Å². The van der Waals surface area contributed by atoms with Crippen LogP contribution in [0, 0.1) is 0 Å². The quantitative estimate of drug-likeness (QED) is 0.166. The van der Waals surface area contributed by atoms with Crippen molar-refractivity contribution in [1.82, 2.24) is 0 Å². The summed E-state index contributed by atoms with van der Waals surface area (Å²) in [5.41, 5.74) is 0.